The largest absolute Gasteiger partial charge is 0.309 e. The molecule has 1 aliphatic carbocycles. The SMILES string of the molecule is CSC1(CNC(C)c2ccc(F)c(Br)c2)CC1. The first kappa shape index (κ1) is 13.4. The third kappa shape index (κ3) is 3.24. The van der Waals surface area contributed by atoms with Crippen molar-refractivity contribution in [2.45, 2.75) is 30.6 Å². The molecule has 1 aromatic carbocycles. The number of thioether (sulfide) groups is 1. The van der Waals surface area contributed by atoms with Crippen molar-refractivity contribution in [3.63, 3.8) is 0 Å². The van der Waals surface area contributed by atoms with Crippen molar-refractivity contribution < 1.29 is 4.39 Å². The molecular formula is C13H17BrFNS. The van der Waals surface area contributed by atoms with E-state index in [1.54, 1.807) is 0 Å². The molecule has 0 amide bonds. The van der Waals surface area contributed by atoms with Crippen LogP contribution in [-0.4, -0.2) is 17.5 Å². The zero-order chi connectivity index (χ0) is 12.5. The van der Waals surface area contributed by atoms with E-state index in [4.69, 9.17) is 0 Å². The van der Waals surface area contributed by atoms with Crippen LogP contribution in [0.3, 0.4) is 0 Å². The molecule has 1 nitrogen and oxygen atoms in total. The van der Waals surface area contributed by atoms with E-state index in [0.717, 1.165) is 12.1 Å². The van der Waals surface area contributed by atoms with Gasteiger partial charge in [-0.2, -0.15) is 11.8 Å². The van der Waals surface area contributed by atoms with Gasteiger partial charge in [0.15, 0.2) is 0 Å². The van der Waals surface area contributed by atoms with E-state index in [9.17, 15) is 4.39 Å². The van der Waals surface area contributed by atoms with Crippen LogP contribution >= 0.6 is 27.7 Å². The molecule has 17 heavy (non-hydrogen) atoms. The average Bonchev–Trinajstić information content (AvgIpc) is 3.10. The van der Waals surface area contributed by atoms with Gasteiger partial charge >= 0.3 is 0 Å². The molecule has 1 unspecified atom stereocenters. The number of nitrogens with one attached hydrogen (secondary N) is 1. The van der Waals surface area contributed by atoms with Gasteiger partial charge in [-0.25, -0.2) is 4.39 Å². The summed E-state index contributed by atoms with van der Waals surface area (Å²) in [7, 11) is 0. The Labute approximate surface area is 115 Å². The summed E-state index contributed by atoms with van der Waals surface area (Å²) in [6.45, 7) is 3.15. The Bertz CT molecular complexity index is 406. The van der Waals surface area contributed by atoms with E-state index in [1.165, 1.54) is 18.9 Å². The maximum atomic E-state index is 13.1. The monoisotopic (exact) mass is 317 g/mol. The summed E-state index contributed by atoms with van der Waals surface area (Å²) >= 11 is 5.17. The van der Waals surface area contributed by atoms with Crippen LogP contribution in [0.2, 0.25) is 0 Å². The molecule has 0 heterocycles. The summed E-state index contributed by atoms with van der Waals surface area (Å²) in [4.78, 5) is 0. The Kier molecular flexibility index (Phi) is 4.16. The van der Waals surface area contributed by atoms with Crippen LogP contribution in [0.5, 0.6) is 0 Å². The van der Waals surface area contributed by atoms with E-state index in [0.29, 0.717) is 9.22 Å². The smallest absolute Gasteiger partial charge is 0.137 e. The highest BCUT2D eigenvalue weighted by Crippen LogP contribution is 2.46. The van der Waals surface area contributed by atoms with Crippen LogP contribution in [0, 0.1) is 5.82 Å². The lowest BCUT2D eigenvalue weighted by Crippen LogP contribution is -2.28. The minimum Gasteiger partial charge on any atom is -0.309 e. The summed E-state index contributed by atoms with van der Waals surface area (Å²) in [5.74, 6) is -0.205. The van der Waals surface area contributed by atoms with Crippen LogP contribution in [0.25, 0.3) is 0 Å². The first-order valence-corrected chi connectivity index (χ1v) is 7.82. The lowest BCUT2D eigenvalue weighted by atomic mass is 10.1. The lowest BCUT2D eigenvalue weighted by Gasteiger charge is -2.19. The first-order chi connectivity index (χ1) is 8.06. The highest BCUT2D eigenvalue weighted by molar-refractivity contribution is 9.10. The van der Waals surface area contributed by atoms with Crippen molar-refractivity contribution in [2.24, 2.45) is 0 Å². The summed E-state index contributed by atoms with van der Waals surface area (Å²) < 4.78 is 14.1. The minimum absolute atomic E-state index is 0.205. The van der Waals surface area contributed by atoms with Crippen molar-refractivity contribution in [1.82, 2.24) is 5.32 Å². The van der Waals surface area contributed by atoms with E-state index >= 15 is 0 Å². The quantitative estimate of drug-likeness (QED) is 0.876. The highest BCUT2D eigenvalue weighted by atomic mass is 79.9. The maximum absolute atomic E-state index is 13.1. The van der Waals surface area contributed by atoms with Crippen molar-refractivity contribution in [3.8, 4) is 0 Å². The molecule has 1 N–H and O–H groups in total. The Morgan fingerprint density at radius 1 is 1.53 bits per heavy atom. The molecule has 1 aromatic rings. The molecule has 0 aromatic heterocycles. The molecule has 2 rings (SSSR count). The average molecular weight is 318 g/mol. The Balaban J connectivity index is 1.95. The molecule has 0 aliphatic heterocycles. The number of benzene rings is 1. The van der Waals surface area contributed by atoms with E-state index in [1.807, 2.05) is 23.9 Å². The summed E-state index contributed by atoms with van der Waals surface area (Å²) in [6, 6.07) is 5.47. The van der Waals surface area contributed by atoms with Gasteiger partial charge in [0.05, 0.1) is 4.47 Å². The molecule has 1 fully saturated rings. The molecule has 0 spiro atoms. The van der Waals surface area contributed by atoms with Gasteiger partial charge in [-0.15, -0.1) is 0 Å². The third-order valence-corrected chi connectivity index (χ3v) is 5.44. The predicted molar refractivity (Wildman–Crippen MR) is 76.0 cm³/mol. The highest BCUT2D eigenvalue weighted by Gasteiger charge is 2.41. The summed E-state index contributed by atoms with van der Waals surface area (Å²) in [6.07, 6.45) is 4.79. The summed E-state index contributed by atoms with van der Waals surface area (Å²) in [5, 5.41) is 3.54. The molecule has 0 bridgehead atoms. The Morgan fingerprint density at radius 2 is 2.24 bits per heavy atom. The van der Waals surface area contributed by atoms with Gasteiger partial charge in [0, 0.05) is 17.3 Å². The van der Waals surface area contributed by atoms with Crippen LogP contribution in [-0.2, 0) is 0 Å². The topological polar surface area (TPSA) is 12.0 Å². The second-order valence-electron chi connectivity index (χ2n) is 4.66. The standard InChI is InChI=1S/C13H17BrFNS/c1-9(16-8-13(17-2)5-6-13)10-3-4-12(15)11(14)7-10/h3-4,7,9,16H,5-6,8H2,1-2H3. The molecule has 0 saturated heterocycles. The van der Waals surface area contributed by atoms with Gasteiger partial charge in [0.1, 0.15) is 5.82 Å². The van der Waals surface area contributed by atoms with Gasteiger partial charge in [0.2, 0.25) is 0 Å². The zero-order valence-corrected chi connectivity index (χ0v) is 12.5. The second kappa shape index (κ2) is 5.29. The second-order valence-corrected chi connectivity index (χ2v) is 6.79. The molecular weight excluding hydrogens is 301 g/mol. The predicted octanol–water partition coefficient (Wildman–Crippen LogP) is 4.13. The van der Waals surface area contributed by atoms with Crippen molar-refractivity contribution in [1.29, 1.82) is 0 Å². The Morgan fingerprint density at radius 3 is 2.76 bits per heavy atom. The van der Waals surface area contributed by atoms with Gasteiger partial charge in [-0.3, -0.25) is 0 Å². The Hall–Kier alpha value is -0.0600. The molecule has 4 heteroatoms. The third-order valence-electron chi connectivity index (χ3n) is 3.41. The van der Waals surface area contributed by atoms with Crippen LogP contribution in [0.1, 0.15) is 31.4 Å². The number of halogens is 2. The van der Waals surface area contributed by atoms with Crippen LogP contribution < -0.4 is 5.32 Å². The lowest BCUT2D eigenvalue weighted by molar-refractivity contribution is 0.560. The maximum Gasteiger partial charge on any atom is 0.137 e. The van der Waals surface area contributed by atoms with E-state index in [2.05, 4.69) is 34.4 Å². The molecule has 0 radical (unpaired) electrons. The number of hydrogen-bond acceptors (Lipinski definition) is 2. The minimum atomic E-state index is -0.205. The van der Waals surface area contributed by atoms with Crippen molar-refractivity contribution in [2.75, 3.05) is 12.8 Å². The first-order valence-electron chi connectivity index (χ1n) is 5.80. The zero-order valence-electron chi connectivity index (χ0n) is 10.1. The summed E-state index contributed by atoms with van der Waals surface area (Å²) in [5.41, 5.74) is 1.12. The molecule has 94 valence electrons. The normalized spacial score (nSPS) is 19.1. The molecule has 1 atom stereocenters. The fourth-order valence-electron chi connectivity index (χ4n) is 1.83. The van der Waals surface area contributed by atoms with Crippen LogP contribution in [0.15, 0.2) is 22.7 Å². The van der Waals surface area contributed by atoms with E-state index in [-0.39, 0.29) is 11.9 Å². The fourth-order valence-corrected chi connectivity index (χ4v) is 2.97. The number of rotatable bonds is 5. The van der Waals surface area contributed by atoms with Crippen molar-refractivity contribution >= 4 is 27.7 Å². The molecule has 1 saturated carbocycles. The molecule has 1 aliphatic rings. The van der Waals surface area contributed by atoms with Gasteiger partial charge in [0.25, 0.3) is 0 Å². The fraction of sp³-hybridized carbons (Fsp3) is 0.538. The van der Waals surface area contributed by atoms with Gasteiger partial charge in [-0.1, -0.05) is 6.07 Å². The van der Waals surface area contributed by atoms with Crippen molar-refractivity contribution in [3.05, 3.63) is 34.1 Å². The van der Waals surface area contributed by atoms with Crippen LogP contribution in [0.4, 0.5) is 4.39 Å². The van der Waals surface area contributed by atoms with E-state index < -0.39 is 0 Å². The van der Waals surface area contributed by atoms with Gasteiger partial charge < -0.3 is 5.32 Å². The number of hydrogen-bond donors (Lipinski definition) is 1. The van der Waals surface area contributed by atoms with Gasteiger partial charge in [-0.05, 0) is 59.6 Å².